The number of aromatic nitrogens is 1. The highest BCUT2D eigenvalue weighted by atomic mass is 16.5. The maximum absolute atomic E-state index is 6.10. The van der Waals surface area contributed by atoms with Gasteiger partial charge in [0, 0.05) is 12.3 Å². The lowest BCUT2D eigenvalue weighted by Crippen LogP contribution is -2.48. The van der Waals surface area contributed by atoms with Gasteiger partial charge in [-0.15, -0.1) is 0 Å². The van der Waals surface area contributed by atoms with Crippen molar-refractivity contribution in [2.24, 2.45) is 5.92 Å². The Morgan fingerprint density at radius 2 is 2.29 bits per heavy atom. The molecular weight excluding hydrogens is 260 g/mol. The lowest BCUT2D eigenvalue weighted by atomic mass is 9.70. The van der Waals surface area contributed by atoms with Gasteiger partial charge in [0.1, 0.15) is 0 Å². The van der Waals surface area contributed by atoms with Gasteiger partial charge in [-0.1, -0.05) is 13.0 Å². The van der Waals surface area contributed by atoms with Crippen molar-refractivity contribution in [1.29, 1.82) is 0 Å². The van der Waals surface area contributed by atoms with Crippen LogP contribution in [0.1, 0.15) is 62.9 Å². The molecule has 1 saturated heterocycles. The van der Waals surface area contributed by atoms with Crippen molar-refractivity contribution in [2.45, 2.75) is 64.0 Å². The summed E-state index contributed by atoms with van der Waals surface area (Å²) in [7, 11) is 0. The van der Waals surface area contributed by atoms with Gasteiger partial charge in [0.05, 0.1) is 17.3 Å². The van der Waals surface area contributed by atoms with E-state index in [0.29, 0.717) is 12.0 Å². The Morgan fingerprint density at radius 1 is 1.43 bits per heavy atom. The molecule has 3 heteroatoms. The van der Waals surface area contributed by atoms with E-state index in [1.807, 2.05) is 0 Å². The second kappa shape index (κ2) is 6.45. The summed E-state index contributed by atoms with van der Waals surface area (Å²) in [4.78, 5) is 4.79. The molecule has 1 spiro atoms. The average Bonchev–Trinajstić information content (AvgIpc) is 2.46. The van der Waals surface area contributed by atoms with Crippen LogP contribution in [0.2, 0.25) is 0 Å². The topological polar surface area (TPSA) is 34.2 Å². The number of nitrogens with one attached hydrogen (secondary N) is 1. The van der Waals surface area contributed by atoms with E-state index < -0.39 is 0 Å². The van der Waals surface area contributed by atoms with Crippen molar-refractivity contribution in [1.82, 2.24) is 10.3 Å². The lowest BCUT2D eigenvalue weighted by Gasteiger charge is -2.48. The Morgan fingerprint density at radius 3 is 2.95 bits per heavy atom. The summed E-state index contributed by atoms with van der Waals surface area (Å²) in [5, 5.41) is 3.75. The Labute approximate surface area is 128 Å². The summed E-state index contributed by atoms with van der Waals surface area (Å²) < 4.78 is 6.10. The van der Waals surface area contributed by atoms with Crippen LogP contribution in [0.5, 0.6) is 0 Å². The van der Waals surface area contributed by atoms with Crippen molar-refractivity contribution in [3.8, 4) is 0 Å². The zero-order valence-corrected chi connectivity index (χ0v) is 13.4. The highest BCUT2D eigenvalue weighted by Crippen LogP contribution is 2.47. The molecule has 1 aliphatic carbocycles. The number of hydrogen-bond acceptors (Lipinski definition) is 3. The Hall–Kier alpha value is -0.930. The van der Waals surface area contributed by atoms with Crippen LogP contribution in [-0.2, 0) is 4.74 Å². The minimum absolute atomic E-state index is 0.207. The molecule has 2 heterocycles. The normalized spacial score (nSPS) is 25.5. The quantitative estimate of drug-likeness (QED) is 0.895. The first-order chi connectivity index (χ1) is 10.2. The van der Waals surface area contributed by atoms with Gasteiger partial charge in [-0.25, -0.2) is 0 Å². The molecule has 1 aliphatic heterocycles. The molecular formula is C18H28N2O. The number of ether oxygens (including phenoxy) is 1. The van der Waals surface area contributed by atoms with E-state index in [0.717, 1.165) is 31.7 Å². The van der Waals surface area contributed by atoms with E-state index in [2.05, 4.69) is 37.4 Å². The molecule has 3 nitrogen and oxygen atoms in total. The molecule has 3 rings (SSSR count). The molecule has 0 radical (unpaired) electrons. The highest BCUT2D eigenvalue weighted by molar-refractivity contribution is 5.15. The van der Waals surface area contributed by atoms with E-state index in [1.165, 1.54) is 31.4 Å². The van der Waals surface area contributed by atoms with Crippen LogP contribution in [0.3, 0.4) is 0 Å². The van der Waals surface area contributed by atoms with Gasteiger partial charge >= 0.3 is 0 Å². The third kappa shape index (κ3) is 3.29. The summed E-state index contributed by atoms with van der Waals surface area (Å²) in [6.45, 7) is 6.29. The van der Waals surface area contributed by atoms with Crippen LogP contribution in [0, 0.1) is 12.8 Å². The van der Waals surface area contributed by atoms with Crippen molar-refractivity contribution < 1.29 is 4.74 Å². The monoisotopic (exact) mass is 288 g/mol. The molecule has 0 amide bonds. The van der Waals surface area contributed by atoms with Gasteiger partial charge in [-0.3, -0.25) is 4.98 Å². The highest BCUT2D eigenvalue weighted by Gasteiger charge is 2.44. The van der Waals surface area contributed by atoms with Crippen molar-refractivity contribution >= 4 is 0 Å². The summed E-state index contributed by atoms with van der Waals surface area (Å²) in [5.74, 6) is 0.653. The average molecular weight is 288 g/mol. The van der Waals surface area contributed by atoms with E-state index in [9.17, 15) is 0 Å². The fourth-order valence-electron chi connectivity index (χ4n) is 3.82. The summed E-state index contributed by atoms with van der Waals surface area (Å²) >= 11 is 0. The van der Waals surface area contributed by atoms with Gasteiger partial charge in [-0.2, -0.15) is 0 Å². The Kier molecular flexibility index (Phi) is 4.60. The largest absolute Gasteiger partial charge is 0.375 e. The summed E-state index contributed by atoms with van der Waals surface area (Å²) in [6.07, 6.45) is 7.36. The molecule has 1 aromatic heterocycles. The molecule has 1 saturated carbocycles. The van der Waals surface area contributed by atoms with Crippen molar-refractivity contribution in [3.05, 3.63) is 29.6 Å². The van der Waals surface area contributed by atoms with Crippen LogP contribution in [0.4, 0.5) is 0 Å². The zero-order valence-electron chi connectivity index (χ0n) is 13.4. The van der Waals surface area contributed by atoms with E-state index >= 15 is 0 Å². The predicted molar refractivity (Wildman–Crippen MR) is 85.3 cm³/mol. The number of aryl methyl sites for hydroxylation is 1. The third-order valence-corrected chi connectivity index (χ3v) is 5.11. The van der Waals surface area contributed by atoms with Crippen LogP contribution in [0.15, 0.2) is 18.2 Å². The smallest absolute Gasteiger partial charge is 0.0686 e. The van der Waals surface area contributed by atoms with Gasteiger partial charge in [0.25, 0.3) is 0 Å². The Bertz CT molecular complexity index is 470. The molecule has 21 heavy (non-hydrogen) atoms. The van der Waals surface area contributed by atoms with E-state index in [4.69, 9.17) is 9.72 Å². The fraction of sp³-hybridized carbons (Fsp3) is 0.722. The second-order valence-electron chi connectivity index (χ2n) is 6.77. The minimum Gasteiger partial charge on any atom is -0.375 e. The molecule has 116 valence electrons. The van der Waals surface area contributed by atoms with Gasteiger partial charge in [-0.05, 0) is 70.0 Å². The molecule has 0 aromatic carbocycles. The first-order valence-electron chi connectivity index (χ1n) is 8.53. The van der Waals surface area contributed by atoms with Crippen LogP contribution >= 0.6 is 0 Å². The molecule has 1 aromatic rings. The minimum atomic E-state index is 0.207. The zero-order chi connectivity index (χ0) is 14.7. The van der Waals surface area contributed by atoms with E-state index in [-0.39, 0.29) is 5.60 Å². The second-order valence-corrected chi connectivity index (χ2v) is 6.77. The van der Waals surface area contributed by atoms with Gasteiger partial charge < -0.3 is 10.1 Å². The van der Waals surface area contributed by atoms with Crippen molar-refractivity contribution in [3.63, 3.8) is 0 Å². The van der Waals surface area contributed by atoms with Crippen LogP contribution in [-0.4, -0.2) is 23.7 Å². The molecule has 2 unspecified atom stereocenters. The molecule has 2 atom stereocenters. The number of pyridine rings is 1. The molecule has 2 aliphatic rings. The van der Waals surface area contributed by atoms with Gasteiger partial charge in [0.15, 0.2) is 0 Å². The lowest BCUT2D eigenvalue weighted by molar-refractivity contribution is -0.147. The number of rotatable bonds is 5. The van der Waals surface area contributed by atoms with Crippen LogP contribution in [0.25, 0.3) is 0 Å². The third-order valence-electron chi connectivity index (χ3n) is 5.11. The molecule has 0 bridgehead atoms. The fourth-order valence-corrected chi connectivity index (χ4v) is 3.82. The standard InChI is InChI=1S/C18H28N2O/c1-3-11-19-17(16-7-4-6-14(2)20-16)15-8-12-21-18(13-15)9-5-10-18/h4,6-7,15,17,19H,3,5,8-13H2,1-2H3. The van der Waals surface area contributed by atoms with Crippen molar-refractivity contribution in [2.75, 3.05) is 13.2 Å². The molecule has 2 fully saturated rings. The maximum Gasteiger partial charge on any atom is 0.0686 e. The summed E-state index contributed by atoms with van der Waals surface area (Å²) in [5.41, 5.74) is 2.53. The number of hydrogen-bond donors (Lipinski definition) is 1. The Balaban J connectivity index is 1.77. The molecule has 1 N–H and O–H groups in total. The first kappa shape index (κ1) is 15.0. The first-order valence-corrected chi connectivity index (χ1v) is 8.53. The van der Waals surface area contributed by atoms with E-state index in [1.54, 1.807) is 0 Å². The van der Waals surface area contributed by atoms with Crippen LogP contribution < -0.4 is 5.32 Å². The maximum atomic E-state index is 6.10. The predicted octanol–water partition coefficient (Wildman–Crippen LogP) is 3.78. The number of nitrogens with zero attached hydrogens (tertiary/aromatic N) is 1. The SMILES string of the molecule is CCCNC(c1cccc(C)n1)C1CCOC2(CCC2)C1. The van der Waals surface area contributed by atoms with Gasteiger partial charge in [0.2, 0.25) is 0 Å². The summed E-state index contributed by atoms with van der Waals surface area (Å²) in [6, 6.07) is 6.78.